The zero-order valence-electron chi connectivity index (χ0n) is 7.84. The van der Waals surface area contributed by atoms with Crippen LogP contribution in [-0.4, -0.2) is 11.1 Å². The minimum absolute atomic E-state index is 0.468. The monoisotopic (exact) mass is 178 g/mol. The van der Waals surface area contributed by atoms with Crippen LogP contribution in [0.2, 0.25) is 0 Å². The van der Waals surface area contributed by atoms with Gasteiger partial charge in [-0.25, -0.2) is 4.79 Å². The molecule has 0 aromatic carbocycles. The van der Waals surface area contributed by atoms with Crippen LogP contribution < -0.4 is 0 Å². The zero-order valence-corrected chi connectivity index (χ0v) is 7.84. The summed E-state index contributed by atoms with van der Waals surface area (Å²) in [4.78, 5) is 10.6. The molecule has 1 fully saturated rings. The van der Waals surface area contributed by atoms with Gasteiger partial charge in [-0.15, -0.1) is 0 Å². The molecule has 2 aliphatic carbocycles. The summed E-state index contributed by atoms with van der Waals surface area (Å²) in [5.74, 6) is 0.0266. The maximum Gasteiger partial charge on any atom is 0.331 e. The second-order valence-electron chi connectivity index (χ2n) is 4.07. The first-order valence-corrected chi connectivity index (χ1v) is 4.79. The highest BCUT2D eigenvalue weighted by molar-refractivity contribution is 5.86. The van der Waals surface area contributed by atoms with Gasteiger partial charge < -0.3 is 5.11 Å². The summed E-state index contributed by atoms with van der Waals surface area (Å²) in [6.45, 7) is 1.67. The molecule has 1 N–H and O–H groups in total. The molecule has 1 atom stereocenters. The largest absolute Gasteiger partial charge is 0.478 e. The molecule has 0 amide bonds. The summed E-state index contributed by atoms with van der Waals surface area (Å²) in [6.07, 6.45) is 6.71. The van der Waals surface area contributed by atoms with Crippen molar-refractivity contribution in [2.45, 2.75) is 32.6 Å². The number of aliphatic carboxylic acids is 1. The molecule has 2 heteroatoms. The van der Waals surface area contributed by atoms with Gasteiger partial charge in [0, 0.05) is 5.57 Å². The Morgan fingerprint density at radius 3 is 2.77 bits per heavy atom. The standard InChI is InChI=1S/C11H14O2/c1-7(11(12)13)4-10-6-8-2-3-9(10)5-8/h4,8H,2-3,5-6H2,1H3,(H,12,13). The van der Waals surface area contributed by atoms with E-state index in [1.807, 2.05) is 6.08 Å². The fraction of sp³-hybridized carbons (Fsp3) is 0.545. The maximum atomic E-state index is 10.6. The predicted molar refractivity (Wildman–Crippen MR) is 50.4 cm³/mol. The smallest absolute Gasteiger partial charge is 0.331 e. The van der Waals surface area contributed by atoms with Crippen molar-refractivity contribution in [3.05, 3.63) is 22.8 Å². The van der Waals surface area contributed by atoms with Gasteiger partial charge in [0.15, 0.2) is 0 Å². The molecule has 0 spiro atoms. The third-order valence-electron chi connectivity index (χ3n) is 3.08. The van der Waals surface area contributed by atoms with Gasteiger partial charge in [0.1, 0.15) is 0 Å². The summed E-state index contributed by atoms with van der Waals surface area (Å²) in [5.41, 5.74) is 3.27. The van der Waals surface area contributed by atoms with Crippen LogP contribution in [0.3, 0.4) is 0 Å². The van der Waals surface area contributed by atoms with E-state index >= 15 is 0 Å². The molecule has 2 bridgehead atoms. The van der Waals surface area contributed by atoms with Gasteiger partial charge in [0.2, 0.25) is 0 Å². The molecule has 2 nitrogen and oxygen atoms in total. The number of carbonyl (C=O) groups is 1. The molecule has 13 heavy (non-hydrogen) atoms. The van der Waals surface area contributed by atoms with Crippen LogP contribution in [-0.2, 0) is 4.79 Å². The summed E-state index contributed by atoms with van der Waals surface area (Å²) in [6, 6.07) is 0. The molecule has 0 aromatic rings. The fourth-order valence-electron chi connectivity index (χ4n) is 2.34. The van der Waals surface area contributed by atoms with Crippen molar-refractivity contribution in [3.63, 3.8) is 0 Å². The molecule has 0 aliphatic heterocycles. The van der Waals surface area contributed by atoms with Crippen molar-refractivity contribution in [1.29, 1.82) is 0 Å². The van der Waals surface area contributed by atoms with E-state index in [1.165, 1.54) is 30.4 Å². The van der Waals surface area contributed by atoms with Crippen LogP contribution in [0.4, 0.5) is 0 Å². The lowest BCUT2D eigenvalue weighted by atomic mass is 9.98. The molecule has 70 valence electrons. The van der Waals surface area contributed by atoms with Gasteiger partial charge in [-0.05, 0) is 50.2 Å². The lowest BCUT2D eigenvalue weighted by Gasteiger charge is -2.08. The average Bonchev–Trinajstić information content (AvgIpc) is 2.64. The second-order valence-corrected chi connectivity index (χ2v) is 4.07. The number of allylic oxidation sites excluding steroid dienone is 3. The highest BCUT2D eigenvalue weighted by Gasteiger charge is 2.29. The van der Waals surface area contributed by atoms with Gasteiger partial charge >= 0.3 is 5.97 Å². The molecule has 2 aliphatic rings. The Hall–Kier alpha value is -1.05. The fourth-order valence-corrected chi connectivity index (χ4v) is 2.34. The van der Waals surface area contributed by atoms with E-state index in [0.717, 1.165) is 12.3 Å². The van der Waals surface area contributed by atoms with E-state index in [-0.39, 0.29) is 0 Å². The predicted octanol–water partition coefficient (Wildman–Crippen LogP) is 2.52. The number of hydrogen-bond donors (Lipinski definition) is 1. The van der Waals surface area contributed by atoms with Crippen molar-refractivity contribution in [2.24, 2.45) is 5.92 Å². The molecule has 0 saturated heterocycles. The molecule has 0 radical (unpaired) electrons. The third-order valence-corrected chi connectivity index (χ3v) is 3.08. The van der Waals surface area contributed by atoms with Gasteiger partial charge in [0.25, 0.3) is 0 Å². The summed E-state index contributed by atoms with van der Waals surface area (Å²) < 4.78 is 0. The van der Waals surface area contributed by atoms with E-state index in [4.69, 9.17) is 5.11 Å². The first-order chi connectivity index (χ1) is 6.16. The van der Waals surface area contributed by atoms with E-state index in [1.54, 1.807) is 6.92 Å². The summed E-state index contributed by atoms with van der Waals surface area (Å²) >= 11 is 0. The normalized spacial score (nSPS) is 27.2. The molecular formula is C11H14O2. The highest BCUT2D eigenvalue weighted by atomic mass is 16.4. The van der Waals surface area contributed by atoms with Crippen molar-refractivity contribution in [2.75, 3.05) is 0 Å². The molecule has 1 saturated carbocycles. The minimum atomic E-state index is -0.795. The van der Waals surface area contributed by atoms with E-state index < -0.39 is 5.97 Å². The Labute approximate surface area is 78.0 Å². The summed E-state index contributed by atoms with van der Waals surface area (Å²) in [5, 5.41) is 8.72. The van der Waals surface area contributed by atoms with Crippen molar-refractivity contribution >= 4 is 5.97 Å². The van der Waals surface area contributed by atoms with Crippen LogP contribution in [0.15, 0.2) is 22.8 Å². The van der Waals surface area contributed by atoms with Crippen LogP contribution in [0.25, 0.3) is 0 Å². The Morgan fingerprint density at radius 1 is 1.54 bits per heavy atom. The van der Waals surface area contributed by atoms with Gasteiger partial charge in [-0.1, -0.05) is 5.57 Å². The van der Waals surface area contributed by atoms with Crippen LogP contribution >= 0.6 is 0 Å². The van der Waals surface area contributed by atoms with E-state index in [2.05, 4.69) is 0 Å². The van der Waals surface area contributed by atoms with Crippen LogP contribution in [0.5, 0.6) is 0 Å². The van der Waals surface area contributed by atoms with Gasteiger partial charge in [-0.3, -0.25) is 0 Å². The third kappa shape index (κ3) is 1.53. The Bertz CT molecular complexity index is 310. The quantitative estimate of drug-likeness (QED) is 0.660. The number of fused-ring (bicyclic) bond motifs is 2. The van der Waals surface area contributed by atoms with E-state index in [9.17, 15) is 4.79 Å². The van der Waals surface area contributed by atoms with Crippen LogP contribution in [0, 0.1) is 5.92 Å². The van der Waals surface area contributed by atoms with Gasteiger partial charge in [-0.2, -0.15) is 0 Å². The van der Waals surface area contributed by atoms with E-state index in [0.29, 0.717) is 5.57 Å². The number of carboxylic acid groups (broad SMARTS) is 1. The lowest BCUT2D eigenvalue weighted by Crippen LogP contribution is -1.98. The maximum absolute atomic E-state index is 10.6. The molecule has 2 rings (SSSR count). The molecule has 1 unspecified atom stereocenters. The molecule has 0 aromatic heterocycles. The Morgan fingerprint density at radius 2 is 2.31 bits per heavy atom. The molecular weight excluding hydrogens is 164 g/mol. The number of rotatable bonds is 2. The minimum Gasteiger partial charge on any atom is -0.478 e. The first kappa shape index (κ1) is 8.54. The first-order valence-electron chi connectivity index (χ1n) is 4.79. The second kappa shape index (κ2) is 3.02. The van der Waals surface area contributed by atoms with Crippen molar-refractivity contribution in [3.8, 4) is 0 Å². The SMILES string of the molecule is CC(=CC1=C2CCC(C1)C2)C(=O)O. The topological polar surface area (TPSA) is 37.3 Å². The highest BCUT2D eigenvalue weighted by Crippen LogP contribution is 2.44. The number of hydrogen-bond acceptors (Lipinski definition) is 1. The lowest BCUT2D eigenvalue weighted by molar-refractivity contribution is -0.132. The average molecular weight is 178 g/mol. The summed E-state index contributed by atoms with van der Waals surface area (Å²) in [7, 11) is 0. The number of carboxylic acids is 1. The molecule has 0 heterocycles. The van der Waals surface area contributed by atoms with Crippen LogP contribution in [0.1, 0.15) is 32.6 Å². The van der Waals surface area contributed by atoms with Crippen molar-refractivity contribution in [1.82, 2.24) is 0 Å². The van der Waals surface area contributed by atoms with Crippen molar-refractivity contribution < 1.29 is 9.90 Å². The Kier molecular flexibility index (Phi) is 1.98. The Balaban J connectivity index is 2.19. The zero-order chi connectivity index (χ0) is 9.42. The van der Waals surface area contributed by atoms with Gasteiger partial charge in [0.05, 0.1) is 0 Å².